The molecule has 6 nitrogen and oxygen atoms in total. The van der Waals surface area contributed by atoms with Crippen LogP contribution in [0.5, 0.6) is 0 Å². The zero-order valence-corrected chi connectivity index (χ0v) is 19.2. The number of halogens is 1. The largest absolute Gasteiger partial charge is 0.465 e. The highest BCUT2D eigenvalue weighted by Crippen LogP contribution is 2.26. The molecule has 27 heavy (non-hydrogen) atoms. The molecule has 2 saturated heterocycles. The van der Waals surface area contributed by atoms with Crippen LogP contribution >= 0.6 is 24.0 Å². The summed E-state index contributed by atoms with van der Waals surface area (Å²) in [5.74, 6) is 2.92. The maximum Gasteiger partial charge on any atom is 0.191 e. The molecule has 154 valence electrons. The fraction of sp³-hybridized carbons (Fsp3) is 0.750. The zero-order chi connectivity index (χ0) is 18.2. The van der Waals surface area contributed by atoms with Gasteiger partial charge in [0.25, 0.3) is 0 Å². The summed E-state index contributed by atoms with van der Waals surface area (Å²) in [5.41, 5.74) is 0. The molecule has 0 bridgehead atoms. The molecule has 0 saturated carbocycles. The maximum atomic E-state index is 5.94. The van der Waals surface area contributed by atoms with Crippen LogP contribution in [0.1, 0.15) is 49.7 Å². The number of rotatable bonds is 7. The predicted octanol–water partition coefficient (Wildman–Crippen LogP) is 2.99. The van der Waals surface area contributed by atoms with Gasteiger partial charge in [-0.15, -0.1) is 24.0 Å². The Hall–Kier alpha value is -0.800. The molecule has 3 heterocycles. The van der Waals surface area contributed by atoms with Crippen LogP contribution in [0.4, 0.5) is 0 Å². The van der Waals surface area contributed by atoms with E-state index >= 15 is 0 Å². The minimum atomic E-state index is 0. The Balaban J connectivity index is 0.00000261. The Morgan fingerprint density at radius 2 is 1.78 bits per heavy atom. The number of nitrogens with one attached hydrogen (secondary N) is 2. The lowest BCUT2D eigenvalue weighted by Crippen LogP contribution is -2.45. The van der Waals surface area contributed by atoms with Crippen molar-refractivity contribution in [2.45, 2.75) is 45.1 Å². The zero-order valence-electron chi connectivity index (χ0n) is 16.9. The second kappa shape index (κ2) is 11.9. The van der Waals surface area contributed by atoms with Crippen LogP contribution in [0.15, 0.2) is 21.5 Å². The summed E-state index contributed by atoms with van der Waals surface area (Å²) in [7, 11) is 1.85. The van der Waals surface area contributed by atoms with Crippen molar-refractivity contribution in [3.05, 3.63) is 23.7 Å². The molecule has 2 fully saturated rings. The topological polar surface area (TPSA) is 56.0 Å². The third-order valence-corrected chi connectivity index (χ3v) is 5.53. The number of guanidine groups is 1. The van der Waals surface area contributed by atoms with Crippen molar-refractivity contribution in [3.63, 3.8) is 0 Å². The van der Waals surface area contributed by atoms with Gasteiger partial charge in [-0.05, 0) is 70.9 Å². The molecule has 0 radical (unpaired) electrons. The summed E-state index contributed by atoms with van der Waals surface area (Å²) in [4.78, 5) is 9.46. The van der Waals surface area contributed by atoms with E-state index in [1.165, 1.54) is 45.2 Å². The molecule has 3 rings (SSSR count). The standard InChI is InChI=1S/C20H35N5O.HI/c1-17-8-9-19(26-17)18(25-13-6-7-14-25)16-23-20(21-2)22-10-15-24-11-4-3-5-12-24;/h8-9,18H,3-7,10-16H2,1-2H3,(H2,21,22,23);1H. The van der Waals surface area contributed by atoms with Crippen LogP contribution in [0.3, 0.4) is 0 Å². The van der Waals surface area contributed by atoms with Crippen molar-refractivity contribution in [2.75, 3.05) is 52.9 Å². The van der Waals surface area contributed by atoms with Crippen molar-refractivity contribution in [3.8, 4) is 0 Å². The molecule has 2 aliphatic heterocycles. The van der Waals surface area contributed by atoms with E-state index in [2.05, 4.69) is 37.6 Å². The third-order valence-electron chi connectivity index (χ3n) is 5.53. The van der Waals surface area contributed by atoms with Crippen LogP contribution in [-0.4, -0.2) is 68.6 Å². The van der Waals surface area contributed by atoms with Crippen molar-refractivity contribution in [1.29, 1.82) is 0 Å². The Morgan fingerprint density at radius 3 is 2.41 bits per heavy atom. The average molecular weight is 489 g/mol. The summed E-state index contributed by atoms with van der Waals surface area (Å²) in [5, 5.41) is 6.98. The normalized spacial score (nSPS) is 20.3. The van der Waals surface area contributed by atoms with Gasteiger partial charge < -0.3 is 20.0 Å². The minimum absolute atomic E-state index is 0. The summed E-state index contributed by atoms with van der Waals surface area (Å²) in [6.45, 7) is 9.63. The SMILES string of the molecule is CN=C(NCCN1CCCCC1)NCC(c1ccc(C)o1)N1CCCC1.I. The van der Waals surface area contributed by atoms with Gasteiger partial charge >= 0.3 is 0 Å². The predicted molar refractivity (Wildman–Crippen MR) is 122 cm³/mol. The second-order valence-corrected chi connectivity index (χ2v) is 7.49. The summed E-state index contributed by atoms with van der Waals surface area (Å²) in [6.07, 6.45) is 6.62. The Kier molecular flexibility index (Phi) is 9.92. The molecule has 7 heteroatoms. The molecule has 0 aromatic carbocycles. The highest BCUT2D eigenvalue weighted by atomic mass is 127. The number of hydrogen-bond acceptors (Lipinski definition) is 4. The van der Waals surface area contributed by atoms with Gasteiger partial charge in [-0.2, -0.15) is 0 Å². The van der Waals surface area contributed by atoms with Crippen molar-refractivity contribution < 1.29 is 4.42 Å². The lowest BCUT2D eigenvalue weighted by atomic mass is 10.1. The maximum absolute atomic E-state index is 5.94. The van der Waals surface area contributed by atoms with E-state index in [1.54, 1.807) is 0 Å². The molecule has 1 aromatic heterocycles. The highest BCUT2D eigenvalue weighted by molar-refractivity contribution is 14.0. The van der Waals surface area contributed by atoms with Gasteiger partial charge in [0.15, 0.2) is 5.96 Å². The summed E-state index contributed by atoms with van der Waals surface area (Å²) in [6, 6.07) is 4.45. The van der Waals surface area contributed by atoms with Gasteiger partial charge in [-0.3, -0.25) is 9.89 Å². The first kappa shape index (κ1) is 22.5. The van der Waals surface area contributed by atoms with Gasteiger partial charge in [0.05, 0.1) is 6.04 Å². The molecule has 0 amide bonds. The number of aliphatic imine (C=N–C) groups is 1. The number of hydrogen-bond donors (Lipinski definition) is 2. The monoisotopic (exact) mass is 489 g/mol. The molecule has 2 aliphatic rings. The van der Waals surface area contributed by atoms with Crippen LogP contribution in [0, 0.1) is 6.92 Å². The number of nitrogens with zero attached hydrogens (tertiary/aromatic N) is 3. The van der Waals surface area contributed by atoms with E-state index in [9.17, 15) is 0 Å². The molecular weight excluding hydrogens is 453 g/mol. The van der Waals surface area contributed by atoms with Gasteiger partial charge in [0.1, 0.15) is 11.5 Å². The van der Waals surface area contributed by atoms with Gasteiger partial charge in [0, 0.05) is 26.7 Å². The smallest absolute Gasteiger partial charge is 0.191 e. The van der Waals surface area contributed by atoms with E-state index in [1.807, 2.05) is 14.0 Å². The van der Waals surface area contributed by atoms with Crippen LogP contribution in [0.25, 0.3) is 0 Å². The van der Waals surface area contributed by atoms with E-state index in [0.29, 0.717) is 0 Å². The lowest BCUT2D eigenvalue weighted by Gasteiger charge is -2.28. The van der Waals surface area contributed by atoms with E-state index in [4.69, 9.17) is 4.42 Å². The van der Waals surface area contributed by atoms with Crippen molar-refractivity contribution in [1.82, 2.24) is 20.4 Å². The van der Waals surface area contributed by atoms with Crippen LogP contribution in [0.2, 0.25) is 0 Å². The number of furan rings is 1. The molecule has 1 atom stereocenters. The second-order valence-electron chi connectivity index (χ2n) is 7.49. The van der Waals surface area contributed by atoms with Crippen molar-refractivity contribution in [2.24, 2.45) is 4.99 Å². The van der Waals surface area contributed by atoms with Crippen LogP contribution in [-0.2, 0) is 0 Å². The number of piperidine rings is 1. The first-order chi connectivity index (χ1) is 12.8. The van der Waals surface area contributed by atoms with Gasteiger partial charge in [-0.25, -0.2) is 0 Å². The Morgan fingerprint density at radius 1 is 1.07 bits per heavy atom. The molecule has 0 spiro atoms. The van der Waals surface area contributed by atoms with E-state index in [0.717, 1.165) is 50.2 Å². The van der Waals surface area contributed by atoms with Crippen molar-refractivity contribution >= 4 is 29.9 Å². The van der Waals surface area contributed by atoms with E-state index < -0.39 is 0 Å². The lowest BCUT2D eigenvalue weighted by molar-refractivity contribution is 0.213. The molecule has 0 aliphatic carbocycles. The van der Waals surface area contributed by atoms with Crippen LogP contribution < -0.4 is 10.6 Å². The quantitative estimate of drug-likeness (QED) is 0.351. The summed E-state index contributed by atoms with van der Waals surface area (Å²) < 4.78 is 5.94. The molecule has 2 N–H and O–H groups in total. The first-order valence-electron chi connectivity index (χ1n) is 10.2. The third kappa shape index (κ3) is 6.94. The Labute approximate surface area is 181 Å². The number of likely N-dealkylation sites (tertiary alicyclic amines) is 2. The fourth-order valence-corrected chi connectivity index (χ4v) is 4.02. The molecule has 1 unspecified atom stereocenters. The Bertz CT molecular complexity index is 564. The summed E-state index contributed by atoms with van der Waals surface area (Å²) >= 11 is 0. The highest BCUT2D eigenvalue weighted by Gasteiger charge is 2.26. The molecule has 1 aromatic rings. The minimum Gasteiger partial charge on any atom is -0.465 e. The van der Waals surface area contributed by atoms with Gasteiger partial charge in [-0.1, -0.05) is 6.42 Å². The average Bonchev–Trinajstić information content (AvgIpc) is 3.34. The number of aryl methyl sites for hydroxylation is 1. The molecular formula is C20H36IN5O. The van der Waals surface area contributed by atoms with E-state index in [-0.39, 0.29) is 30.0 Å². The fourth-order valence-electron chi connectivity index (χ4n) is 4.02. The first-order valence-corrected chi connectivity index (χ1v) is 10.2. The van der Waals surface area contributed by atoms with Gasteiger partial charge in [0.2, 0.25) is 0 Å².